The Balaban J connectivity index is 1.74. The standard InChI is InChI=1S/C12H20N2O3/c15-11(16)5-7-14-6-1-2-9(8-14)12(17)13-10-3-4-10/h9-10H,1-8H2,(H,13,17)(H,15,16). The summed E-state index contributed by atoms with van der Waals surface area (Å²) in [6.07, 6.45) is 4.31. The average molecular weight is 240 g/mol. The second-order valence-electron chi connectivity index (χ2n) is 5.07. The highest BCUT2D eigenvalue weighted by molar-refractivity contribution is 5.79. The third kappa shape index (κ3) is 4.00. The third-order valence-corrected chi connectivity index (χ3v) is 3.44. The quantitative estimate of drug-likeness (QED) is 0.732. The minimum atomic E-state index is -0.769. The first-order chi connectivity index (χ1) is 8.15. The van der Waals surface area contributed by atoms with Crippen LogP contribution in [0.5, 0.6) is 0 Å². The number of carboxylic acids is 1. The van der Waals surface area contributed by atoms with Crippen molar-refractivity contribution < 1.29 is 14.7 Å². The smallest absolute Gasteiger partial charge is 0.304 e. The Morgan fingerprint density at radius 2 is 2.06 bits per heavy atom. The van der Waals surface area contributed by atoms with E-state index in [2.05, 4.69) is 10.2 Å². The Labute approximate surface area is 101 Å². The van der Waals surface area contributed by atoms with Crippen LogP contribution in [0.1, 0.15) is 32.1 Å². The molecule has 1 atom stereocenters. The highest BCUT2D eigenvalue weighted by atomic mass is 16.4. The van der Waals surface area contributed by atoms with E-state index in [-0.39, 0.29) is 18.2 Å². The molecule has 1 aliphatic heterocycles. The van der Waals surface area contributed by atoms with Crippen LogP contribution in [0.15, 0.2) is 0 Å². The second kappa shape index (κ2) is 5.49. The van der Waals surface area contributed by atoms with Crippen LogP contribution in [0, 0.1) is 5.92 Å². The molecule has 5 heteroatoms. The first kappa shape index (κ1) is 12.4. The van der Waals surface area contributed by atoms with Crippen LogP contribution in [-0.4, -0.2) is 47.6 Å². The highest BCUT2D eigenvalue weighted by Gasteiger charge is 2.30. The summed E-state index contributed by atoms with van der Waals surface area (Å²) >= 11 is 0. The summed E-state index contributed by atoms with van der Waals surface area (Å²) in [6.45, 7) is 2.19. The summed E-state index contributed by atoms with van der Waals surface area (Å²) in [6, 6.07) is 0.414. The number of amides is 1. The molecule has 2 aliphatic rings. The topological polar surface area (TPSA) is 69.6 Å². The lowest BCUT2D eigenvalue weighted by Crippen LogP contribution is -2.44. The number of hydrogen-bond donors (Lipinski definition) is 2. The van der Waals surface area contributed by atoms with Crippen molar-refractivity contribution in [2.75, 3.05) is 19.6 Å². The van der Waals surface area contributed by atoms with Gasteiger partial charge in [-0.3, -0.25) is 9.59 Å². The fourth-order valence-electron chi connectivity index (χ4n) is 2.27. The summed E-state index contributed by atoms with van der Waals surface area (Å²) in [7, 11) is 0. The van der Waals surface area contributed by atoms with Gasteiger partial charge in [0, 0.05) is 19.1 Å². The normalized spacial score (nSPS) is 25.5. The maximum Gasteiger partial charge on any atom is 0.304 e. The molecule has 0 aromatic carbocycles. The molecule has 96 valence electrons. The number of carbonyl (C=O) groups excluding carboxylic acids is 1. The lowest BCUT2D eigenvalue weighted by molar-refractivity contribution is -0.137. The molecule has 1 saturated carbocycles. The van der Waals surface area contributed by atoms with Crippen LogP contribution in [0.2, 0.25) is 0 Å². The van der Waals surface area contributed by atoms with Crippen molar-refractivity contribution in [2.45, 2.75) is 38.1 Å². The Bertz CT molecular complexity index is 302. The minimum absolute atomic E-state index is 0.0538. The molecule has 5 nitrogen and oxygen atoms in total. The van der Waals surface area contributed by atoms with E-state index in [1.54, 1.807) is 0 Å². The van der Waals surface area contributed by atoms with E-state index >= 15 is 0 Å². The first-order valence-electron chi connectivity index (χ1n) is 6.39. The van der Waals surface area contributed by atoms with Gasteiger partial charge in [-0.15, -0.1) is 0 Å². The number of hydrogen-bond acceptors (Lipinski definition) is 3. The largest absolute Gasteiger partial charge is 0.481 e. The van der Waals surface area contributed by atoms with Gasteiger partial charge in [0.2, 0.25) is 5.91 Å². The number of carbonyl (C=O) groups is 2. The molecule has 0 aromatic rings. The molecule has 1 unspecified atom stereocenters. The van der Waals surface area contributed by atoms with Crippen molar-refractivity contribution in [2.24, 2.45) is 5.92 Å². The van der Waals surface area contributed by atoms with Crippen LogP contribution < -0.4 is 5.32 Å². The Morgan fingerprint density at radius 1 is 1.29 bits per heavy atom. The summed E-state index contributed by atoms with van der Waals surface area (Å²) in [4.78, 5) is 24.5. The molecule has 2 fully saturated rings. The number of carboxylic acid groups (broad SMARTS) is 1. The van der Waals surface area contributed by atoms with Crippen LogP contribution in [-0.2, 0) is 9.59 Å². The zero-order chi connectivity index (χ0) is 12.3. The molecule has 0 aromatic heterocycles. The molecule has 2 rings (SSSR count). The molecule has 0 radical (unpaired) electrons. The van der Waals surface area contributed by atoms with Gasteiger partial charge in [-0.25, -0.2) is 0 Å². The zero-order valence-electron chi connectivity index (χ0n) is 10.0. The van der Waals surface area contributed by atoms with E-state index in [1.807, 2.05) is 0 Å². The zero-order valence-corrected chi connectivity index (χ0v) is 10.0. The van der Waals surface area contributed by atoms with Gasteiger partial charge in [0.1, 0.15) is 0 Å². The Hall–Kier alpha value is -1.10. The van der Waals surface area contributed by atoms with Gasteiger partial charge in [0.15, 0.2) is 0 Å². The molecule has 1 saturated heterocycles. The van der Waals surface area contributed by atoms with E-state index in [0.717, 1.165) is 32.2 Å². The van der Waals surface area contributed by atoms with Crippen molar-refractivity contribution in [1.29, 1.82) is 0 Å². The Kier molecular flexibility index (Phi) is 3.99. The van der Waals surface area contributed by atoms with E-state index in [9.17, 15) is 9.59 Å². The number of nitrogens with zero attached hydrogens (tertiary/aromatic N) is 1. The number of rotatable bonds is 5. The van der Waals surface area contributed by atoms with Gasteiger partial charge in [-0.1, -0.05) is 0 Å². The lowest BCUT2D eigenvalue weighted by atomic mass is 9.97. The predicted molar refractivity (Wildman–Crippen MR) is 62.6 cm³/mol. The summed E-state index contributed by atoms with van der Waals surface area (Å²) in [5.74, 6) is -0.555. The van der Waals surface area contributed by atoms with Crippen LogP contribution in [0.3, 0.4) is 0 Å². The molecule has 17 heavy (non-hydrogen) atoms. The van der Waals surface area contributed by atoms with Crippen molar-refractivity contribution in [3.63, 3.8) is 0 Å². The SMILES string of the molecule is O=C(O)CCN1CCCC(C(=O)NC2CC2)C1. The van der Waals surface area contributed by atoms with Gasteiger partial charge < -0.3 is 15.3 Å². The van der Waals surface area contributed by atoms with Crippen LogP contribution in [0.4, 0.5) is 0 Å². The highest BCUT2D eigenvalue weighted by Crippen LogP contribution is 2.22. The fourth-order valence-corrected chi connectivity index (χ4v) is 2.27. The first-order valence-corrected chi connectivity index (χ1v) is 6.39. The van der Waals surface area contributed by atoms with Gasteiger partial charge in [-0.05, 0) is 32.2 Å². The molecule has 0 bridgehead atoms. The third-order valence-electron chi connectivity index (χ3n) is 3.44. The predicted octanol–water partition coefficient (Wildman–Crippen LogP) is 0.452. The van der Waals surface area contributed by atoms with Gasteiger partial charge in [0.25, 0.3) is 0 Å². The molecule has 0 spiro atoms. The number of piperidine rings is 1. The lowest BCUT2D eigenvalue weighted by Gasteiger charge is -2.31. The summed E-state index contributed by atoms with van der Waals surface area (Å²) in [5.41, 5.74) is 0. The summed E-state index contributed by atoms with van der Waals surface area (Å²) < 4.78 is 0. The van der Waals surface area contributed by atoms with Crippen molar-refractivity contribution in [3.8, 4) is 0 Å². The monoisotopic (exact) mass is 240 g/mol. The minimum Gasteiger partial charge on any atom is -0.481 e. The van der Waals surface area contributed by atoms with Gasteiger partial charge in [-0.2, -0.15) is 0 Å². The maximum atomic E-state index is 11.9. The van der Waals surface area contributed by atoms with E-state index < -0.39 is 5.97 Å². The average Bonchev–Trinajstić information content (AvgIpc) is 3.10. The van der Waals surface area contributed by atoms with Gasteiger partial charge in [0.05, 0.1) is 12.3 Å². The van der Waals surface area contributed by atoms with Crippen molar-refractivity contribution in [1.82, 2.24) is 10.2 Å². The number of likely N-dealkylation sites (tertiary alicyclic amines) is 1. The van der Waals surface area contributed by atoms with E-state index in [4.69, 9.17) is 5.11 Å². The van der Waals surface area contributed by atoms with Crippen molar-refractivity contribution >= 4 is 11.9 Å². The number of nitrogens with one attached hydrogen (secondary N) is 1. The van der Waals surface area contributed by atoms with Gasteiger partial charge >= 0.3 is 5.97 Å². The fraction of sp³-hybridized carbons (Fsp3) is 0.833. The molecule has 2 N–H and O–H groups in total. The molecular formula is C12H20N2O3. The number of aliphatic carboxylic acids is 1. The summed E-state index contributed by atoms with van der Waals surface area (Å²) in [5, 5.41) is 11.7. The van der Waals surface area contributed by atoms with Crippen molar-refractivity contribution in [3.05, 3.63) is 0 Å². The van der Waals surface area contributed by atoms with Crippen LogP contribution >= 0.6 is 0 Å². The Morgan fingerprint density at radius 3 is 2.71 bits per heavy atom. The second-order valence-corrected chi connectivity index (χ2v) is 5.07. The maximum absolute atomic E-state index is 11.9. The van der Waals surface area contributed by atoms with Crippen LogP contribution in [0.25, 0.3) is 0 Å². The molecule has 1 amide bonds. The molecule has 1 heterocycles. The van der Waals surface area contributed by atoms with E-state index in [0.29, 0.717) is 19.1 Å². The molecule has 1 aliphatic carbocycles. The van der Waals surface area contributed by atoms with E-state index in [1.165, 1.54) is 0 Å². The molecular weight excluding hydrogens is 220 g/mol.